The van der Waals surface area contributed by atoms with E-state index < -0.39 is 11.9 Å². The number of carboxylic acids is 1. The number of nitrogens with zero attached hydrogens (tertiary/aromatic N) is 2. The van der Waals surface area contributed by atoms with Crippen LogP contribution in [0.4, 0.5) is 4.79 Å². The summed E-state index contributed by atoms with van der Waals surface area (Å²) in [7, 11) is 1.70. The fourth-order valence-corrected chi connectivity index (χ4v) is 2.09. The van der Waals surface area contributed by atoms with Gasteiger partial charge >= 0.3 is 12.0 Å². The molecule has 114 valence electrons. The Morgan fingerprint density at radius 2 is 2.00 bits per heavy atom. The lowest BCUT2D eigenvalue weighted by atomic mass is 9.97. The number of amides is 3. The number of hydrogen-bond donors (Lipinski definition) is 2. The highest BCUT2D eigenvalue weighted by Gasteiger charge is 2.26. The van der Waals surface area contributed by atoms with Crippen molar-refractivity contribution in [3.05, 3.63) is 0 Å². The van der Waals surface area contributed by atoms with Crippen LogP contribution in [0.2, 0.25) is 0 Å². The van der Waals surface area contributed by atoms with Gasteiger partial charge in [-0.05, 0) is 12.3 Å². The molecule has 1 unspecified atom stereocenters. The molecule has 1 aliphatic rings. The third kappa shape index (κ3) is 4.71. The minimum Gasteiger partial charge on any atom is -0.481 e. The number of carboxylic acid groups (broad SMARTS) is 1. The summed E-state index contributed by atoms with van der Waals surface area (Å²) in [5.41, 5.74) is 0. The Balaban J connectivity index is 2.45. The van der Waals surface area contributed by atoms with E-state index in [-0.39, 0.29) is 30.9 Å². The zero-order valence-electron chi connectivity index (χ0n) is 12.3. The van der Waals surface area contributed by atoms with Crippen LogP contribution in [0, 0.1) is 11.8 Å². The van der Waals surface area contributed by atoms with Gasteiger partial charge in [-0.2, -0.15) is 0 Å². The fraction of sp³-hybridized carbons (Fsp3) is 0.769. The highest BCUT2D eigenvalue weighted by molar-refractivity contribution is 5.85. The fourth-order valence-electron chi connectivity index (χ4n) is 2.09. The topological polar surface area (TPSA) is 90.0 Å². The number of urea groups is 1. The van der Waals surface area contributed by atoms with Crippen LogP contribution in [-0.2, 0) is 9.59 Å². The average molecular weight is 285 g/mol. The van der Waals surface area contributed by atoms with Crippen LogP contribution in [0.1, 0.15) is 20.3 Å². The summed E-state index contributed by atoms with van der Waals surface area (Å²) in [6.45, 7) is 4.99. The number of carbonyl (C=O) groups is 3. The second kappa shape index (κ2) is 7.12. The van der Waals surface area contributed by atoms with Crippen molar-refractivity contribution in [1.29, 1.82) is 0 Å². The van der Waals surface area contributed by atoms with Gasteiger partial charge in [0.2, 0.25) is 5.91 Å². The summed E-state index contributed by atoms with van der Waals surface area (Å²) >= 11 is 0. The van der Waals surface area contributed by atoms with Gasteiger partial charge in [0.15, 0.2) is 0 Å². The molecular weight excluding hydrogens is 262 g/mol. The molecule has 0 bridgehead atoms. The molecule has 2 N–H and O–H groups in total. The van der Waals surface area contributed by atoms with Crippen molar-refractivity contribution in [1.82, 2.24) is 15.1 Å². The van der Waals surface area contributed by atoms with Crippen molar-refractivity contribution < 1.29 is 19.5 Å². The van der Waals surface area contributed by atoms with Crippen molar-refractivity contribution in [3.8, 4) is 0 Å². The van der Waals surface area contributed by atoms with E-state index in [1.807, 2.05) is 13.8 Å². The normalized spacial score (nSPS) is 17.3. The third-order valence-corrected chi connectivity index (χ3v) is 3.35. The number of aliphatic carboxylic acids is 1. The van der Waals surface area contributed by atoms with Crippen molar-refractivity contribution >= 4 is 17.9 Å². The molecule has 1 saturated heterocycles. The van der Waals surface area contributed by atoms with Crippen LogP contribution < -0.4 is 5.32 Å². The molecule has 0 aromatic heterocycles. The van der Waals surface area contributed by atoms with E-state index in [1.54, 1.807) is 11.9 Å². The first kappa shape index (κ1) is 16.3. The van der Waals surface area contributed by atoms with Crippen LogP contribution in [0.25, 0.3) is 0 Å². The molecule has 1 aliphatic heterocycles. The molecule has 0 aromatic rings. The Labute approximate surface area is 118 Å². The first-order valence-electron chi connectivity index (χ1n) is 6.80. The van der Waals surface area contributed by atoms with E-state index in [9.17, 15) is 14.4 Å². The SMILES string of the molecule is CC(C)CC(CNC(=O)N1CCN(C)C(=O)C1)C(=O)O. The first-order valence-corrected chi connectivity index (χ1v) is 6.80. The maximum atomic E-state index is 11.9. The standard InChI is InChI=1S/C13H23N3O4/c1-9(2)6-10(12(18)19)7-14-13(20)16-5-4-15(3)11(17)8-16/h9-10H,4-8H2,1-3H3,(H,14,20)(H,18,19). The first-order chi connectivity index (χ1) is 9.31. The van der Waals surface area contributed by atoms with Crippen LogP contribution in [0.3, 0.4) is 0 Å². The zero-order valence-corrected chi connectivity index (χ0v) is 12.3. The monoisotopic (exact) mass is 285 g/mol. The summed E-state index contributed by atoms with van der Waals surface area (Å²) in [6.07, 6.45) is 0.511. The molecule has 7 heteroatoms. The van der Waals surface area contributed by atoms with Gasteiger partial charge in [0.25, 0.3) is 0 Å². The maximum Gasteiger partial charge on any atom is 0.317 e. The van der Waals surface area contributed by atoms with Gasteiger partial charge in [-0.25, -0.2) is 4.79 Å². The van der Waals surface area contributed by atoms with Crippen LogP contribution >= 0.6 is 0 Å². The molecule has 0 aromatic carbocycles. The molecule has 3 amide bonds. The quantitative estimate of drug-likeness (QED) is 0.756. The van der Waals surface area contributed by atoms with Crippen molar-refractivity contribution in [3.63, 3.8) is 0 Å². The van der Waals surface area contributed by atoms with Crippen molar-refractivity contribution in [2.75, 3.05) is 33.2 Å². The minimum atomic E-state index is -0.909. The van der Waals surface area contributed by atoms with E-state index in [0.717, 1.165) is 0 Å². The lowest BCUT2D eigenvalue weighted by molar-refractivity contribution is -0.142. The average Bonchev–Trinajstić information content (AvgIpc) is 2.36. The summed E-state index contributed by atoms with van der Waals surface area (Å²) < 4.78 is 0. The van der Waals surface area contributed by atoms with E-state index in [0.29, 0.717) is 19.5 Å². The van der Waals surface area contributed by atoms with Gasteiger partial charge < -0.3 is 20.2 Å². The predicted molar refractivity (Wildman–Crippen MR) is 73.2 cm³/mol. The Kier molecular flexibility index (Phi) is 5.79. The molecule has 0 radical (unpaired) electrons. The molecule has 0 spiro atoms. The van der Waals surface area contributed by atoms with E-state index >= 15 is 0 Å². The molecule has 1 atom stereocenters. The number of nitrogens with one attached hydrogen (secondary N) is 1. The molecule has 1 fully saturated rings. The molecule has 1 heterocycles. The summed E-state index contributed by atoms with van der Waals surface area (Å²) in [5.74, 6) is -1.36. The Morgan fingerprint density at radius 1 is 1.35 bits per heavy atom. The van der Waals surface area contributed by atoms with Crippen molar-refractivity contribution in [2.45, 2.75) is 20.3 Å². The van der Waals surface area contributed by atoms with Gasteiger partial charge in [0, 0.05) is 26.7 Å². The molecule has 1 rings (SSSR count). The molecular formula is C13H23N3O4. The summed E-state index contributed by atoms with van der Waals surface area (Å²) in [5, 5.41) is 11.7. The number of rotatable bonds is 5. The smallest absolute Gasteiger partial charge is 0.317 e. The largest absolute Gasteiger partial charge is 0.481 e. The Bertz CT molecular complexity index is 384. The van der Waals surface area contributed by atoms with Crippen molar-refractivity contribution in [2.24, 2.45) is 11.8 Å². The van der Waals surface area contributed by atoms with Gasteiger partial charge in [-0.15, -0.1) is 0 Å². The Hall–Kier alpha value is -1.79. The maximum absolute atomic E-state index is 11.9. The second-order valence-corrected chi connectivity index (χ2v) is 5.59. The number of piperazine rings is 1. The number of carbonyl (C=O) groups excluding carboxylic acids is 2. The molecule has 0 saturated carbocycles. The van der Waals surface area contributed by atoms with Crippen LogP contribution in [-0.4, -0.2) is 66.0 Å². The lowest BCUT2D eigenvalue weighted by Crippen LogP contribution is -2.54. The molecule has 7 nitrogen and oxygen atoms in total. The van der Waals surface area contributed by atoms with Crippen LogP contribution in [0.5, 0.6) is 0 Å². The zero-order chi connectivity index (χ0) is 15.3. The lowest BCUT2D eigenvalue weighted by Gasteiger charge is -2.32. The van der Waals surface area contributed by atoms with E-state index in [1.165, 1.54) is 4.90 Å². The van der Waals surface area contributed by atoms with Crippen LogP contribution in [0.15, 0.2) is 0 Å². The summed E-state index contributed by atoms with van der Waals surface area (Å²) in [4.78, 5) is 37.5. The van der Waals surface area contributed by atoms with Gasteiger partial charge in [-0.3, -0.25) is 9.59 Å². The second-order valence-electron chi connectivity index (χ2n) is 5.59. The highest BCUT2D eigenvalue weighted by atomic mass is 16.4. The highest BCUT2D eigenvalue weighted by Crippen LogP contribution is 2.11. The van der Waals surface area contributed by atoms with Gasteiger partial charge in [-0.1, -0.05) is 13.8 Å². The predicted octanol–water partition coefficient (Wildman–Crippen LogP) is 0.217. The summed E-state index contributed by atoms with van der Waals surface area (Å²) in [6, 6.07) is -0.374. The van der Waals surface area contributed by atoms with Gasteiger partial charge in [0.1, 0.15) is 6.54 Å². The molecule has 0 aliphatic carbocycles. The molecule has 20 heavy (non-hydrogen) atoms. The van der Waals surface area contributed by atoms with E-state index in [2.05, 4.69) is 5.32 Å². The Morgan fingerprint density at radius 3 is 2.50 bits per heavy atom. The van der Waals surface area contributed by atoms with Gasteiger partial charge in [0.05, 0.1) is 5.92 Å². The third-order valence-electron chi connectivity index (χ3n) is 3.35. The number of likely N-dealkylation sites (N-methyl/N-ethyl adjacent to an activating group) is 1. The van der Waals surface area contributed by atoms with E-state index in [4.69, 9.17) is 5.11 Å². The minimum absolute atomic E-state index is 0.0459. The number of hydrogen-bond acceptors (Lipinski definition) is 3.